The van der Waals surface area contributed by atoms with Crippen molar-refractivity contribution in [2.75, 3.05) is 7.11 Å². The molecule has 3 N–H and O–H groups in total. The summed E-state index contributed by atoms with van der Waals surface area (Å²) >= 11 is 0. The number of hydrogen-bond donors (Lipinski definition) is 3. The average molecular weight is 612 g/mol. The van der Waals surface area contributed by atoms with Gasteiger partial charge in [-0.15, -0.1) is 0 Å². The van der Waals surface area contributed by atoms with Crippen molar-refractivity contribution < 1.29 is 28.7 Å². The summed E-state index contributed by atoms with van der Waals surface area (Å²) in [6.45, 7) is 1.85. The number of hydrogen-bond acceptors (Lipinski definition) is 7. The lowest BCUT2D eigenvalue weighted by Crippen LogP contribution is -2.56. The summed E-state index contributed by atoms with van der Waals surface area (Å²) in [5, 5.41) is 8.48. The molecular formula is C34H37N5O6. The number of ether oxygens (including phenoxy) is 2. The molecule has 45 heavy (non-hydrogen) atoms. The minimum absolute atomic E-state index is 0.0428. The molecule has 3 aromatic carbocycles. The van der Waals surface area contributed by atoms with Crippen molar-refractivity contribution in [1.82, 2.24) is 25.5 Å². The van der Waals surface area contributed by atoms with Crippen molar-refractivity contribution in [2.45, 2.75) is 50.9 Å². The molecule has 0 aliphatic rings. The number of nitrogens with one attached hydrogen (secondary N) is 3. The van der Waals surface area contributed by atoms with E-state index in [1.807, 2.05) is 91.0 Å². The van der Waals surface area contributed by atoms with E-state index in [0.29, 0.717) is 12.1 Å². The molecule has 0 spiro atoms. The highest BCUT2D eigenvalue weighted by atomic mass is 16.5. The van der Waals surface area contributed by atoms with E-state index < -0.39 is 36.1 Å². The Bertz CT molecular complexity index is 1550. The summed E-state index contributed by atoms with van der Waals surface area (Å²) in [6, 6.07) is 25.5. The van der Waals surface area contributed by atoms with Crippen LogP contribution >= 0.6 is 0 Å². The monoisotopic (exact) mass is 611 g/mol. The lowest BCUT2D eigenvalue weighted by molar-refractivity contribution is -0.130. The summed E-state index contributed by atoms with van der Waals surface area (Å²) in [5.74, 6) is -0.937. The zero-order valence-electron chi connectivity index (χ0n) is 25.2. The van der Waals surface area contributed by atoms with E-state index in [4.69, 9.17) is 9.47 Å². The first-order valence-corrected chi connectivity index (χ1v) is 14.6. The molecule has 11 heteroatoms. The van der Waals surface area contributed by atoms with Gasteiger partial charge in [-0.05, 0) is 23.6 Å². The number of carbonyl (C=O) groups is 4. The van der Waals surface area contributed by atoms with Gasteiger partial charge in [0.15, 0.2) is 0 Å². The molecule has 3 atom stereocenters. The number of rotatable bonds is 13. The molecular weight excluding hydrogens is 574 g/mol. The third-order valence-electron chi connectivity index (χ3n) is 6.95. The van der Waals surface area contributed by atoms with Gasteiger partial charge in [0, 0.05) is 31.5 Å². The molecule has 3 amide bonds. The number of methoxy groups -OCH3 is 1. The van der Waals surface area contributed by atoms with Gasteiger partial charge in [0.25, 0.3) is 0 Å². The minimum Gasteiger partial charge on any atom is -0.452 e. The summed E-state index contributed by atoms with van der Waals surface area (Å²) in [7, 11) is 1.28. The maximum absolute atomic E-state index is 13.7. The van der Waals surface area contributed by atoms with Crippen molar-refractivity contribution in [1.29, 1.82) is 0 Å². The molecule has 0 saturated heterocycles. The quantitative estimate of drug-likeness (QED) is 0.209. The van der Waals surface area contributed by atoms with Crippen LogP contribution in [-0.2, 0) is 44.9 Å². The van der Waals surface area contributed by atoms with Crippen LogP contribution in [0.2, 0.25) is 0 Å². The predicted molar refractivity (Wildman–Crippen MR) is 167 cm³/mol. The highest BCUT2D eigenvalue weighted by Crippen LogP contribution is 2.09. The Labute approximate surface area is 262 Å². The standard InChI is InChI=1S/C34H37N5O6/c1-24(18-28-21-39(23-35-28)34(43)44-2)36-31(40)29(19-25-12-6-3-7-13-25)37-32(41)30(20-26-14-8-4-9-15-26)38-33(42)45-22-27-16-10-5-11-17-27/h3-17,21,23-24,29-30H,18-20,22H2,1-2H3,(H,36,40)(H,37,41)(H,38,42)/t24-,29+,30+/m1/s1. The van der Waals surface area contributed by atoms with Crippen LogP contribution in [0.3, 0.4) is 0 Å². The third kappa shape index (κ3) is 10.3. The van der Waals surface area contributed by atoms with Crippen LogP contribution in [0.4, 0.5) is 9.59 Å². The van der Waals surface area contributed by atoms with Crippen LogP contribution < -0.4 is 16.0 Å². The molecule has 0 unspecified atom stereocenters. The first-order chi connectivity index (χ1) is 21.8. The van der Waals surface area contributed by atoms with Gasteiger partial charge in [-0.2, -0.15) is 0 Å². The number of benzene rings is 3. The molecule has 0 fully saturated rings. The Morgan fingerprint density at radius 2 is 1.22 bits per heavy atom. The second kappa shape index (κ2) is 16.4. The van der Waals surface area contributed by atoms with Crippen molar-refractivity contribution in [3.63, 3.8) is 0 Å². The molecule has 234 valence electrons. The number of nitrogens with zero attached hydrogens (tertiary/aromatic N) is 2. The molecule has 0 aliphatic heterocycles. The van der Waals surface area contributed by atoms with Crippen LogP contribution in [0.5, 0.6) is 0 Å². The maximum Gasteiger partial charge on any atom is 0.418 e. The SMILES string of the molecule is COC(=O)n1cnc(C[C@@H](C)NC(=O)[C@H](Cc2ccccc2)NC(=O)[C@H](Cc2ccccc2)NC(=O)OCc2ccccc2)c1. The van der Waals surface area contributed by atoms with Crippen LogP contribution in [0, 0.1) is 0 Å². The van der Waals surface area contributed by atoms with Crippen molar-refractivity contribution in [3.8, 4) is 0 Å². The fraction of sp³-hybridized carbons (Fsp3) is 0.265. The van der Waals surface area contributed by atoms with E-state index in [1.54, 1.807) is 6.92 Å². The number of alkyl carbamates (subject to hydrolysis) is 1. The van der Waals surface area contributed by atoms with Gasteiger partial charge < -0.3 is 25.4 Å². The Morgan fingerprint density at radius 1 is 0.711 bits per heavy atom. The summed E-state index contributed by atoms with van der Waals surface area (Å²) in [6.07, 6.45) is 2.31. The molecule has 11 nitrogen and oxygen atoms in total. The fourth-order valence-corrected chi connectivity index (χ4v) is 4.68. The summed E-state index contributed by atoms with van der Waals surface area (Å²) in [5.41, 5.74) is 3.06. The first-order valence-electron chi connectivity index (χ1n) is 14.6. The van der Waals surface area contributed by atoms with Gasteiger partial charge in [-0.3, -0.25) is 9.59 Å². The van der Waals surface area contributed by atoms with Crippen molar-refractivity contribution in [3.05, 3.63) is 126 Å². The Morgan fingerprint density at radius 3 is 1.78 bits per heavy atom. The van der Waals surface area contributed by atoms with Gasteiger partial charge in [0.2, 0.25) is 11.8 Å². The topological polar surface area (TPSA) is 141 Å². The van der Waals surface area contributed by atoms with Gasteiger partial charge in [-0.25, -0.2) is 19.1 Å². The Hall–Kier alpha value is -5.45. The Kier molecular flexibility index (Phi) is 11.8. The maximum atomic E-state index is 13.7. The first kappa shape index (κ1) is 32.5. The smallest absolute Gasteiger partial charge is 0.418 e. The van der Waals surface area contributed by atoms with Crippen LogP contribution in [0.25, 0.3) is 0 Å². The van der Waals surface area contributed by atoms with Gasteiger partial charge >= 0.3 is 12.2 Å². The number of aromatic nitrogens is 2. The normalized spacial score (nSPS) is 12.7. The van der Waals surface area contributed by atoms with Crippen LogP contribution in [-0.4, -0.2) is 58.8 Å². The lowest BCUT2D eigenvalue weighted by atomic mass is 10.0. The summed E-state index contributed by atoms with van der Waals surface area (Å²) < 4.78 is 11.3. The molecule has 4 aromatic rings. The highest BCUT2D eigenvalue weighted by molar-refractivity contribution is 5.91. The van der Waals surface area contributed by atoms with Crippen LogP contribution in [0.15, 0.2) is 104 Å². The fourth-order valence-electron chi connectivity index (χ4n) is 4.68. The second-order valence-corrected chi connectivity index (χ2v) is 10.6. The van der Waals surface area contributed by atoms with E-state index in [9.17, 15) is 19.2 Å². The number of amides is 3. The Balaban J connectivity index is 1.46. The van der Waals surface area contributed by atoms with E-state index in [-0.39, 0.29) is 25.5 Å². The van der Waals surface area contributed by atoms with E-state index >= 15 is 0 Å². The highest BCUT2D eigenvalue weighted by Gasteiger charge is 2.28. The molecule has 0 saturated carbocycles. The zero-order chi connectivity index (χ0) is 32.0. The predicted octanol–water partition coefficient (Wildman–Crippen LogP) is 3.81. The zero-order valence-corrected chi connectivity index (χ0v) is 25.2. The van der Waals surface area contributed by atoms with Crippen LogP contribution in [0.1, 0.15) is 29.3 Å². The van der Waals surface area contributed by atoms with E-state index in [1.165, 1.54) is 24.2 Å². The molecule has 0 aliphatic carbocycles. The second-order valence-electron chi connectivity index (χ2n) is 10.6. The van der Waals surface area contributed by atoms with Crippen molar-refractivity contribution >= 4 is 24.0 Å². The summed E-state index contributed by atoms with van der Waals surface area (Å²) in [4.78, 5) is 56.0. The van der Waals surface area contributed by atoms with Gasteiger partial charge in [-0.1, -0.05) is 91.0 Å². The molecule has 4 rings (SSSR count). The average Bonchev–Trinajstić information content (AvgIpc) is 3.52. The van der Waals surface area contributed by atoms with Crippen molar-refractivity contribution in [2.24, 2.45) is 0 Å². The molecule has 0 bridgehead atoms. The molecule has 0 radical (unpaired) electrons. The lowest BCUT2D eigenvalue weighted by Gasteiger charge is -2.24. The number of imidazole rings is 1. The van der Waals surface area contributed by atoms with E-state index in [0.717, 1.165) is 16.7 Å². The largest absolute Gasteiger partial charge is 0.452 e. The molecule has 1 heterocycles. The minimum atomic E-state index is -1.01. The van der Waals surface area contributed by atoms with Gasteiger partial charge in [0.05, 0.1) is 12.8 Å². The third-order valence-corrected chi connectivity index (χ3v) is 6.95. The molecule has 1 aromatic heterocycles. The van der Waals surface area contributed by atoms with Gasteiger partial charge in [0.1, 0.15) is 25.0 Å². The number of carbonyl (C=O) groups excluding carboxylic acids is 4. The van der Waals surface area contributed by atoms with E-state index in [2.05, 4.69) is 20.9 Å².